The van der Waals surface area contributed by atoms with E-state index in [4.69, 9.17) is 14.0 Å². The lowest BCUT2D eigenvalue weighted by Crippen LogP contribution is -2.35. The molecule has 0 radical (unpaired) electrons. The van der Waals surface area contributed by atoms with Gasteiger partial charge in [0.15, 0.2) is 11.6 Å². The van der Waals surface area contributed by atoms with Gasteiger partial charge in [0.2, 0.25) is 5.78 Å². The van der Waals surface area contributed by atoms with Crippen molar-refractivity contribution in [1.29, 1.82) is 0 Å². The molecular formula is C34H40N6O5. The summed E-state index contributed by atoms with van der Waals surface area (Å²) in [6.45, 7) is 10.9. The highest BCUT2D eigenvalue weighted by molar-refractivity contribution is 5.80. The van der Waals surface area contributed by atoms with E-state index < -0.39 is 11.5 Å². The molecule has 2 unspecified atom stereocenters. The van der Waals surface area contributed by atoms with Crippen LogP contribution in [0.2, 0.25) is 0 Å². The van der Waals surface area contributed by atoms with Crippen molar-refractivity contribution < 1.29 is 14.0 Å². The second-order valence-corrected chi connectivity index (χ2v) is 12.5. The summed E-state index contributed by atoms with van der Waals surface area (Å²) in [7, 11) is 0. The molecule has 45 heavy (non-hydrogen) atoms. The van der Waals surface area contributed by atoms with Crippen molar-refractivity contribution in [3.05, 3.63) is 92.6 Å². The molecule has 0 bridgehead atoms. The maximum Gasteiger partial charge on any atom is 0.439 e. The molecule has 11 nitrogen and oxygen atoms in total. The average molecular weight is 613 g/mol. The van der Waals surface area contributed by atoms with Crippen molar-refractivity contribution in [2.24, 2.45) is 0 Å². The van der Waals surface area contributed by atoms with Gasteiger partial charge in [-0.2, -0.15) is 10.1 Å². The molecule has 1 aliphatic rings. The van der Waals surface area contributed by atoms with Gasteiger partial charge in [-0.25, -0.2) is 9.31 Å². The van der Waals surface area contributed by atoms with E-state index in [0.717, 1.165) is 46.4 Å². The summed E-state index contributed by atoms with van der Waals surface area (Å²) in [5.74, 6) is -0.327. The van der Waals surface area contributed by atoms with Gasteiger partial charge in [-0.05, 0) is 56.7 Å². The Kier molecular flexibility index (Phi) is 8.32. The van der Waals surface area contributed by atoms with Crippen LogP contribution in [0.5, 0.6) is 0 Å². The highest BCUT2D eigenvalue weighted by atomic mass is 16.8. The predicted molar refractivity (Wildman–Crippen MR) is 170 cm³/mol. The fraction of sp³-hybridized carbons (Fsp3) is 0.441. The summed E-state index contributed by atoms with van der Waals surface area (Å²) in [4.78, 5) is 33.1. The number of aromatic nitrogens is 6. The highest BCUT2D eigenvalue weighted by Gasteiger charge is 2.44. The van der Waals surface area contributed by atoms with Gasteiger partial charge in [-0.1, -0.05) is 74.0 Å². The van der Waals surface area contributed by atoms with Crippen LogP contribution >= 0.6 is 0 Å². The molecule has 1 N–H and O–H groups in total. The number of fused-ring (bicyclic) bond motifs is 1. The third-order valence-electron chi connectivity index (χ3n) is 8.65. The van der Waals surface area contributed by atoms with Gasteiger partial charge in [0.25, 0.3) is 5.56 Å². The largest absolute Gasteiger partial charge is 0.439 e. The van der Waals surface area contributed by atoms with Crippen molar-refractivity contribution in [3.8, 4) is 22.5 Å². The maximum absolute atomic E-state index is 14.3. The predicted octanol–water partition coefficient (Wildman–Crippen LogP) is 5.72. The van der Waals surface area contributed by atoms with E-state index in [1.165, 1.54) is 6.33 Å². The number of ether oxygens (including phenoxy) is 2. The number of nitrogens with zero attached hydrogens (tertiary/aromatic N) is 5. The summed E-state index contributed by atoms with van der Waals surface area (Å²) in [6, 6.07) is 15.6. The average Bonchev–Trinajstić information content (AvgIpc) is 3.77. The maximum atomic E-state index is 14.3. The van der Waals surface area contributed by atoms with Crippen molar-refractivity contribution in [2.75, 3.05) is 6.61 Å². The van der Waals surface area contributed by atoms with Gasteiger partial charge in [0.1, 0.15) is 6.33 Å². The molecule has 2 aromatic carbocycles. The molecule has 0 aliphatic carbocycles. The quantitative estimate of drug-likeness (QED) is 0.201. The van der Waals surface area contributed by atoms with E-state index in [2.05, 4.69) is 41.0 Å². The number of hydrogen-bond donors (Lipinski definition) is 1. The first-order valence-corrected chi connectivity index (χ1v) is 15.7. The van der Waals surface area contributed by atoms with Gasteiger partial charge in [-0.15, -0.1) is 0 Å². The van der Waals surface area contributed by atoms with E-state index in [1.807, 2.05) is 66.9 Å². The summed E-state index contributed by atoms with van der Waals surface area (Å²) < 4.78 is 20.8. The van der Waals surface area contributed by atoms with Crippen LogP contribution in [0.1, 0.15) is 83.2 Å². The van der Waals surface area contributed by atoms with Crippen molar-refractivity contribution in [1.82, 2.24) is 29.3 Å². The van der Waals surface area contributed by atoms with Gasteiger partial charge in [0, 0.05) is 30.0 Å². The topological polar surface area (TPSA) is 130 Å². The molecule has 0 saturated carbocycles. The summed E-state index contributed by atoms with van der Waals surface area (Å²) in [5, 5.41) is 8.43. The third-order valence-corrected chi connectivity index (χ3v) is 8.65. The van der Waals surface area contributed by atoms with Crippen LogP contribution in [0.4, 0.5) is 0 Å². The van der Waals surface area contributed by atoms with Crippen molar-refractivity contribution >= 4 is 5.78 Å². The Labute approximate surface area is 261 Å². The fourth-order valence-electron chi connectivity index (χ4n) is 6.34. The van der Waals surface area contributed by atoms with Crippen molar-refractivity contribution in [2.45, 2.75) is 90.6 Å². The molecule has 3 aromatic heterocycles. The van der Waals surface area contributed by atoms with Gasteiger partial charge in [-0.3, -0.25) is 18.9 Å². The highest BCUT2D eigenvalue weighted by Crippen LogP contribution is 2.38. The second kappa shape index (κ2) is 12.2. The molecule has 0 spiro atoms. The molecule has 4 heterocycles. The second-order valence-electron chi connectivity index (χ2n) is 12.5. The Morgan fingerprint density at radius 2 is 1.80 bits per heavy atom. The summed E-state index contributed by atoms with van der Waals surface area (Å²) in [5.41, 5.74) is 4.84. The molecular weight excluding hydrogens is 572 g/mol. The minimum Gasteiger partial charge on any atom is -0.347 e. The minimum atomic E-state index is -0.653. The lowest BCUT2D eigenvalue weighted by Gasteiger charge is -2.30. The molecule has 6 rings (SSSR count). The molecule has 2 atom stereocenters. The number of rotatable bonds is 11. The van der Waals surface area contributed by atoms with Crippen LogP contribution in [-0.2, 0) is 22.3 Å². The SMILES string of the molecule is CCCc1c(Cc2ccc(-c3ccccc3-c3noc(=O)[nH]3)cc2)c(=O)n(C(C)CCC2(CC)OCC(C)(C)O2)c2ncnn12. The zero-order valence-electron chi connectivity index (χ0n) is 26.5. The molecule has 1 fully saturated rings. The third kappa shape index (κ3) is 6.02. The molecule has 1 aliphatic heterocycles. The summed E-state index contributed by atoms with van der Waals surface area (Å²) in [6.07, 6.45) is 5.63. The zero-order valence-corrected chi connectivity index (χ0v) is 26.5. The van der Waals surface area contributed by atoms with E-state index in [1.54, 1.807) is 4.57 Å². The van der Waals surface area contributed by atoms with E-state index in [9.17, 15) is 9.59 Å². The first-order valence-electron chi connectivity index (χ1n) is 15.7. The first-order chi connectivity index (χ1) is 21.6. The lowest BCUT2D eigenvalue weighted by atomic mass is 9.96. The molecule has 1 saturated heterocycles. The number of aromatic amines is 1. The standard InChI is InChI=1S/C34H40N6O5/c1-6-10-28-27(19-23-13-15-24(16-14-23)25-11-8-9-12-26(25)29-37-32(42)44-38-29)30(41)39(31-35-21-36-40(28)31)22(3)17-18-34(7-2)43-20-33(4,5)45-34/h8-9,11-16,21-22H,6-7,10,17-20H2,1-5H3,(H,37,38,42). The fourth-order valence-corrected chi connectivity index (χ4v) is 6.34. The van der Waals surface area contributed by atoms with E-state index in [-0.39, 0.29) is 17.2 Å². The Bertz CT molecular complexity index is 1920. The van der Waals surface area contributed by atoms with Crippen molar-refractivity contribution in [3.63, 3.8) is 0 Å². The summed E-state index contributed by atoms with van der Waals surface area (Å²) >= 11 is 0. The van der Waals surface area contributed by atoms with Crippen LogP contribution in [0.3, 0.4) is 0 Å². The number of benzene rings is 2. The molecule has 5 aromatic rings. The Hall–Kier alpha value is -4.35. The zero-order chi connectivity index (χ0) is 31.8. The van der Waals surface area contributed by atoms with Crippen LogP contribution in [0, 0.1) is 0 Å². The van der Waals surface area contributed by atoms with Crippen LogP contribution in [0.15, 0.2) is 69.0 Å². The van der Waals surface area contributed by atoms with Gasteiger partial charge >= 0.3 is 5.76 Å². The van der Waals surface area contributed by atoms with Crippen LogP contribution in [0.25, 0.3) is 28.3 Å². The number of hydrogen-bond acceptors (Lipinski definition) is 8. The van der Waals surface area contributed by atoms with Crippen LogP contribution < -0.4 is 11.3 Å². The first kappa shape index (κ1) is 30.7. The van der Waals surface area contributed by atoms with E-state index >= 15 is 0 Å². The molecule has 11 heteroatoms. The van der Waals surface area contributed by atoms with E-state index in [0.29, 0.717) is 43.9 Å². The smallest absolute Gasteiger partial charge is 0.347 e. The number of H-pyrrole nitrogens is 1. The van der Waals surface area contributed by atoms with Gasteiger partial charge in [0.05, 0.1) is 17.9 Å². The Morgan fingerprint density at radius 1 is 1.04 bits per heavy atom. The minimum absolute atomic E-state index is 0.0463. The monoisotopic (exact) mass is 612 g/mol. The Balaban J connectivity index is 1.32. The van der Waals surface area contributed by atoms with Crippen LogP contribution in [-0.4, -0.2) is 47.3 Å². The normalized spacial score (nSPS) is 18.5. The molecule has 236 valence electrons. The number of nitrogens with one attached hydrogen (secondary N) is 1. The lowest BCUT2D eigenvalue weighted by molar-refractivity contribution is -0.189. The number of aryl methyl sites for hydroxylation is 1. The molecule has 0 amide bonds. The Morgan fingerprint density at radius 3 is 2.44 bits per heavy atom. The van der Waals surface area contributed by atoms with Gasteiger partial charge < -0.3 is 9.47 Å².